The molecule has 1 aliphatic rings. The number of nitrogens with zero attached hydrogens (tertiary/aromatic N) is 1. The zero-order valence-electron chi connectivity index (χ0n) is 9.42. The zero-order chi connectivity index (χ0) is 11.2. The number of hydrogen-bond acceptors (Lipinski definition) is 1. The van der Waals surface area contributed by atoms with Gasteiger partial charge in [0.05, 0.1) is 10.4 Å². The molecule has 1 aromatic carbocycles. The fourth-order valence-electron chi connectivity index (χ4n) is 2.08. The minimum atomic E-state index is 0.0609. The maximum atomic E-state index is 4.19. The number of anilines is 1. The van der Waals surface area contributed by atoms with E-state index in [0.717, 1.165) is 0 Å². The van der Waals surface area contributed by atoms with Crippen molar-refractivity contribution < 1.29 is 0 Å². The Bertz CT molecular complexity index is 409. The molecule has 1 nitrogen and oxygen atoms in total. The lowest BCUT2D eigenvalue weighted by molar-refractivity contribution is 0.505. The SMILES string of the molecule is C=C1c2ccccc2N(C)C(C)(C)C1Br. The van der Waals surface area contributed by atoms with Crippen LogP contribution in [0.4, 0.5) is 5.69 Å². The summed E-state index contributed by atoms with van der Waals surface area (Å²) < 4.78 is 0. The third-order valence-corrected chi connectivity index (χ3v) is 5.08. The lowest BCUT2D eigenvalue weighted by Crippen LogP contribution is -2.51. The second-order valence-electron chi connectivity index (χ2n) is 4.62. The molecule has 80 valence electrons. The molecule has 0 N–H and O–H groups in total. The lowest BCUT2D eigenvalue weighted by atomic mass is 9.84. The third-order valence-electron chi connectivity index (χ3n) is 3.40. The summed E-state index contributed by atoms with van der Waals surface area (Å²) in [5.74, 6) is 0. The van der Waals surface area contributed by atoms with Gasteiger partial charge in [0.2, 0.25) is 0 Å². The zero-order valence-corrected chi connectivity index (χ0v) is 11.0. The highest BCUT2D eigenvalue weighted by Crippen LogP contribution is 2.44. The van der Waals surface area contributed by atoms with Gasteiger partial charge in [-0.1, -0.05) is 40.7 Å². The average molecular weight is 266 g/mol. The smallest absolute Gasteiger partial charge is 0.0622 e. The largest absolute Gasteiger partial charge is 0.368 e. The molecule has 2 heteroatoms. The molecule has 0 amide bonds. The predicted octanol–water partition coefficient (Wildman–Crippen LogP) is 3.69. The van der Waals surface area contributed by atoms with E-state index >= 15 is 0 Å². The molecule has 1 unspecified atom stereocenters. The normalized spacial score (nSPS) is 23.9. The first-order valence-corrected chi connectivity index (χ1v) is 6.04. The third kappa shape index (κ3) is 1.43. The van der Waals surface area contributed by atoms with Crippen molar-refractivity contribution >= 4 is 27.2 Å². The summed E-state index contributed by atoms with van der Waals surface area (Å²) in [4.78, 5) is 2.61. The molecule has 15 heavy (non-hydrogen) atoms. The van der Waals surface area contributed by atoms with Gasteiger partial charge in [0.25, 0.3) is 0 Å². The van der Waals surface area contributed by atoms with E-state index < -0.39 is 0 Å². The molecule has 0 aliphatic carbocycles. The number of fused-ring (bicyclic) bond motifs is 1. The van der Waals surface area contributed by atoms with Crippen LogP contribution in [0.2, 0.25) is 0 Å². The van der Waals surface area contributed by atoms with Crippen LogP contribution in [0, 0.1) is 0 Å². The Morgan fingerprint density at radius 3 is 2.60 bits per heavy atom. The molecule has 0 aromatic heterocycles. The molecule has 0 bridgehead atoms. The Hall–Kier alpha value is -0.760. The second kappa shape index (κ2) is 3.38. The van der Waals surface area contributed by atoms with Gasteiger partial charge in [0, 0.05) is 18.3 Å². The molecule has 0 spiro atoms. The fraction of sp³-hybridized carbons (Fsp3) is 0.385. The minimum absolute atomic E-state index is 0.0609. The molecule has 0 saturated heterocycles. The molecular weight excluding hydrogens is 250 g/mol. The Morgan fingerprint density at radius 1 is 1.33 bits per heavy atom. The summed E-state index contributed by atoms with van der Waals surface area (Å²) in [6, 6.07) is 8.43. The van der Waals surface area contributed by atoms with E-state index in [9.17, 15) is 0 Å². The Balaban J connectivity index is 2.63. The Morgan fingerprint density at radius 2 is 1.93 bits per heavy atom. The van der Waals surface area contributed by atoms with Crippen molar-refractivity contribution in [2.45, 2.75) is 24.2 Å². The number of rotatable bonds is 0. The predicted molar refractivity (Wildman–Crippen MR) is 70.7 cm³/mol. The van der Waals surface area contributed by atoms with Gasteiger partial charge in [-0.25, -0.2) is 0 Å². The van der Waals surface area contributed by atoms with Gasteiger partial charge in [0.15, 0.2) is 0 Å². The van der Waals surface area contributed by atoms with Crippen LogP contribution in [0.3, 0.4) is 0 Å². The number of alkyl halides is 1. The molecule has 1 atom stereocenters. The van der Waals surface area contributed by atoms with Crippen molar-refractivity contribution in [3.8, 4) is 0 Å². The summed E-state index contributed by atoms with van der Waals surface area (Å²) in [5.41, 5.74) is 3.75. The Labute approximate surface area is 99.9 Å². The van der Waals surface area contributed by atoms with Gasteiger partial charge in [-0.15, -0.1) is 0 Å². The summed E-state index contributed by atoms with van der Waals surface area (Å²) >= 11 is 3.74. The standard InChI is InChI=1S/C13H16BrN/c1-9-10-7-5-6-8-11(10)15(4)13(2,3)12(9)14/h5-8,12H,1H2,2-4H3. The minimum Gasteiger partial charge on any atom is -0.368 e. The highest BCUT2D eigenvalue weighted by Gasteiger charge is 2.39. The molecule has 0 radical (unpaired) electrons. The maximum Gasteiger partial charge on any atom is 0.0622 e. The van der Waals surface area contributed by atoms with E-state index in [1.807, 2.05) is 0 Å². The van der Waals surface area contributed by atoms with Gasteiger partial charge < -0.3 is 4.90 Å². The molecule has 2 rings (SSSR count). The summed E-state index contributed by atoms with van der Waals surface area (Å²) in [5, 5.41) is 0. The van der Waals surface area contributed by atoms with E-state index in [2.05, 4.69) is 72.6 Å². The molecule has 1 heterocycles. The molecule has 0 fully saturated rings. The summed E-state index contributed by atoms with van der Waals surface area (Å²) in [6.07, 6.45) is 0. The maximum absolute atomic E-state index is 4.19. The monoisotopic (exact) mass is 265 g/mol. The van der Waals surface area contributed by atoms with Crippen LogP contribution in [0.15, 0.2) is 30.8 Å². The van der Waals surface area contributed by atoms with Crippen LogP contribution in [0.1, 0.15) is 19.4 Å². The second-order valence-corrected chi connectivity index (χ2v) is 5.53. The molecule has 0 saturated carbocycles. The van der Waals surface area contributed by atoms with Crippen molar-refractivity contribution in [1.29, 1.82) is 0 Å². The highest BCUT2D eigenvalue weighted by atomic mass is 79.9. The molecule has 1 aliphatic heterocycles. The van der Waals surface area contributed by atoms with Gasteiger partial charge in [-0.05, 0) is 25.5 Å². The fourth-order valence-corrected chi connectivity index (χ4v) is 2.63. The van der Waals surface area contributed by atoms with E-state index in [0.29, 0.717) is 4.83 Å². The first-order valence-electron chi connectivity index (χ1n) is 5.12. The van der Waals surface area contributed by atoms with E-state index in [1.54, 1.807) is 0 Å². The van der Waals surface area contributed by atoms with Crippen LogP contribution in [-0.2, 0) is 0 Å². The van der Waals surface area contributed by atoms with Crippen LogP contribution in [0.25, 0.3) is 5.57 Å². The number of halogens is 1. The van der Waals surface area contributed by atoms with Crippen LogP contribution in [0.5, 0.6) is 0 Å². The lowest BCUT2D eigenvalue weighted by Gasteiger charge is -2.47. The van der Waals surface area contributed by atoms with Crippen LogP contribution in [-0.4, -0.2) is 17.4 Å². The number of hydrogen-bond donors (Lipinski definition) is 0. The quantitative estimate of drug-likeness (QED) is 0.647. The van der Waals surface area contributed by atoms with Gasteiger partial charge >= 0.3 is 0 Å². The Kier molecular flexibility index (Phi) is 2.42. The summed E-state index contributed by atoms with van der Waals surface area (Å²) in [6.45, 7) is 8.65. The first kappa shape index (κ1) is 10.7. The van der Waals surface area contributed by atoms with Gasteiger partial charge in [-0.3, -0.25) is 0 Å². The topological polar surface area (TPSA) is 3.24 Å². The van der Waals surface area contributed by atoms with Crippen LogP contribution < -0.4 is 4.90 Å². The number of para-hydroxylation sites is 1. The summed E-state index contributed by atoms with van der Waals surface area (Å²) in [7, 11) is 2.14. The van der Waals surface area contributed by atoms with E-state index in [4.69, 9.17) is 0 Å². The first-order chi connectivity index (χ1) is 6.96. The highest BCUT2D eigenvalue weighted by molar-refractivity contribution is 9.09. The van der Waals surface area contributed by atoms with Gasteiger partial charge in [0.1, 0.15) is 0 Å². The van der Waals surface area contributed by atoms with Crippen molar-refractivity contribution in [2.75, 3.05) is 11.9 Å². The van der Waals surface area contributed by atoms with E-state index in [1.165, 1.54) is 16.8 Å². The van der Waals surface area contributed by atoms with Crippen molar-refractivity contribution in [3.05, 3.63) is 36.4 Å². The molecular formula is C13H16BrN. The van der Waals surface area contributed by atoms with Crippen LogP contribution >= 0.6 is 15.9 Å². The van der Waals surface area contributed by atoms with Gasteiger partial charge in [-0.2, -0.15) is 0 Å². The van der Waals surface area contributed by atoms with Crippen molar-refractivity contribution in [1.82, 2.24) is 0 Å². The average Bonchev–Trinajstić information content (AvgIpc) is 2.24. The van der Waals surface area contributed by atoms with Crippen molar-refractivity contribution in [2.24, 2.45) is 0 Å². The van der Waals surface area contributed by atoms with Crippen molar-refractivity contribution in [3.63, 3.8) is 0 Å². The number of benzene rings is 1. The molecule has 1 aromatic rings. The van der Waals surface area contributed by atoms with E-state index in [-0.39, 0.29) is 5.54 Å².